The lowest BCUT2D eigenvalue weighted by Crippen LogP contribution is -2.44. The number of aryl methyl sites for hydroxylation is 1. The number of nitrogens with zero attached hydrogens (tertiary/aromatic N) is 1. The van der Waals surface area contributed by atoms with Crippen molar-refractivity contribution in [3.8, 4) is 0 Å². The minimum Gasteiger partial charge on any atom is -0.356 e. The van der Waals surface area contributed by atoms with E-state index in [1.165, 1.54) is 6.92 Å². The monoisotopic (exact) mass is 726 g/mol. The van der Waals surface area contributed by atoms with Crippen LogP contribution < -0.4 is 26.6 Å². The van der Waals surface area contributed by atoms with E-state index in [-0.39, 0.29) is 54.6 Å². The van der Waals surface area contributed by atoms with Crippen LogP contribution >= 0.6 is 23.4 Å². The van der Waals surface area contributed by atoms with E-state index in [1.54, 1.807) is 28.8 Å². The molecule has 0 fully saturated rings. The third-order valence-corrected chi connectivity index (χ3v) is 8.68. The first kappa shape index (κ1) is 39.7. The maximum atomic E-state index is 13.4. The summed E-state index contributed by atoms with van der Waals surface area (Å²) in [6, 6.07) is 12.6. The highest BCUT2D eigenvalue weighted by molar-refractivity contribution is 8.14. The van der Waals surface area contributed by atoms with Crippen LogP contribution in [0.1, 0.15) is 59.8 Å². The van der Waals surface area contributed by atoms with Crippen LogP contribution in [0.2, 0.25) is 5.02 Å². The molecule has 0 spiro atoms. The number of benzene rings is 2. The Balaban J connectivity index is 1.30. The predicted octanol–water partition coefficient (Wildman–Crippen LogP) is 2.56. The lowest BCUT2D eigenvalue weighted by molar-refractivity contribution is -0.128. The second-order valence-corrected chi connectivity index (χ2v) is 13.2. The number of unbranched alkanes of at least 4 members (excludes halogenated alkanes) is 3. The minimum absolute atomic E-state index is 0.0938. The zero-order valence-corrected chi connectivity index (χ0v) is 30.0. The topological polar surface area (TPSA) is 185 Å². The number of halogens is 1. The number of amides is 5. The van der Waals surface area contributed by atoms with Crippen LogP contribution in [0.5, 0.6) is 0 Å². The average Bonchev–Trinajstić information content (AvgIpc) is 3.34. The van der Waals surface area contributed by atoms with Crippen LogP contribution in [-0.2, 0) is 35.2 Å². The van der Waals surface area contributed by atoms with Gasteiger partial charge in [0.25, 0.3) is 5.91 Å². The van der Waals surface area contributed by atoms with E-state index >= 15 is 0 Å². The highest BCUT2D eigenvalue weighted by Crippen LogP contribution is 2.28. The number of fused-ring (bicyclic) bond motifs is 1. The van der Waals surface area contributed by atoms with Gasteiger partial charge in [0.2, 0.25) is 29.5 Å². The van der Waals surface area contributed by atoms with Crippen molar-refractivity contribution in [1.82, 2.24) is 31.2 Å². The summed E-state index contributed by atoms with van der Waals surface area (Å²) in [5.74, 6) is -2.40. The van der Waals surface area contributed by atoms with E-state index in [0.717, 1.165) is 65.2 Å². The molecule has 268 valence electrons. The molecule has 0 saturated carbocycles. The highest BCUT2D eigenvalue weighted by atomic mass is 35.5. The Morgan fingerprint density at radius 2 is 1.22 bits per heavy atom. The summed E-state index contributed by atoms with van der Waals surface area (Å²) in [5, 5.41) is 14.0. The molecule has 0 aliphatic carbocycles. The molecule has 3 aromatic rings. The molecule has 13 nitrogen and oxygen atoms in total. The van der Waals surface area contributed by atoms with Crippen molar-refractivity contribution in [3.63, 3.8) is 0 Å². The van der Waals surface area contributed by atoms with Gasteiger partial charge in [-0.05, 0) is 68.7 Å². The lowest BCUT2D eigenvalue weighted by Gasteiger charge is -2.09. The molecule has 50 heavy (non-hydrogen) atoms. The largest absolute Gasteiger partial charge is 0.356 e. The van der Waals surface area contributed by atoms with E-state index in [1.807, 2.05) is 32.0 Å². The number of nitrogens with one attached hydrogen (secondary N) is 5. The van der Waals surface area contributed by atoms with Crippen LogP contribution in [0.4, 0.5) is 0 Å². The summed E-state index contributed by atoms with van der Waals surface area (Å²) in [6.45, 7) is 5.15. The van der Waals surface area contributed by atoms with E-state index in [0.29, 0.717) is 23.7 Å². The van der Waals surface area contributed by atoms with Gasteiger partial charge in [0.05, 0.1) is 37.3 Å². The van der Waals surface area contributed by atoms with Crippen molar-refractivity contribution in [2.24, 2.45) is 0 Å². The van der Waals surface area contributed by atoms with Crippen molar-refractivity contribution in [3.05, 3.63) is 69.9 Å². The molecule has 0 aliphatic rings. The molecule has 0 bridgehead atoms. The van der Waals surface area contributed by atoms with Gasteiger partial charge in [-0.2, -0.15) is 0 Å². The Kier molecular flexibility index (Phi) is 16.0. The second-order valence-electron chi connectivity index (χ2n) is 11.6. The number of carbonyl (C=O) groups excluding carboxylic acids is 7. The van der Waals surface area contributed by atoms with Gasteiger partial charge in [-0.1, -0.05) is 47.8 Å². The summed E-state index contributed by atoms with van der Waals surface area (Å²) >= 11 is 6.83. The van der Waals surface area contributed by atoms with E-state index < -0.39 is 17.7 Å². The minimum atomic E-state index is -0.581. The van der Waals surface area contributed by atoms with Gasteiger partial charge in [0, 0.05) is 41.7 Å². The molecule has 0 atom stereocenters. The Labute approximate surface area is 300 Å². The second kappa shape index (κ2) is 20.1. The zero-order valence-electron chi connectivity index (χ0n) is 28.4. The first-order valence-electron chi connectivity index (χ1n) is 16.2. The summed E-state index contributed by atoms with van der Waals surface area (Å²) in [4.78, 5) is 84.4. The Morgan fingerprint density at radius 3 is 1.80 bits per heavy atom. The summed E-state index contributed by atoms with van der Waals surface area (Å²) in [5.41, 5.74) is 3.80. The van der Waals surface area contributed by atoms with Gasteiger partial charge in [-0.15, -0.1) is 0 Å². The smallest absolute Gasteiger partial charge is 0.262 e. The summed E-state index contributed by atoms with van der Waals surface area (Å²) < 4.78 is 1.65. The standard InChI is InChI=1S/C35H43ClN6O7S/c1-22-8-13-29-28(16-22)27(23(2)42(29)35(49)25-9-11-26(36)12-10-25)17-30(44)37-14-6-4-5-7-15-38-31(45)18-39-32(46)19-40-33(47)20-41-34(48)21-50-24(3)43/h8-13,16H,4-7,14-15,17-21H2,1-3H3,(H,37,44)(H,38,45)(H,39,46)(H,40,47)(H,41,48). The average molecular weight is 727 g/mol. The fourth-order valence-electron chi connectivity index (χ4n) is 5.03. The van der Waals surface area contributed by atoms with Crippen molar-refractivity contribution < 1.29 is 33.6 Å². The molecule has 15 heteroatoms. The molecular formula is C35H43ClN6O7S. The molecule has 2 aromatic carbocycles. The number of carbonyl (C=O) groups is 7. The van der Waals surface area contributed by atoms with Crippen LogP contribution in [-0.4, -0.2) is 83.6 Å². The quantitative estimate of drug-likeness (QED) is 0.124. The SMILES string of the molecule is CC(=O)SCC(=O)NCC(=O)NCC(=O)NCC(=O)NCCCCCCNC(=O)Cc1c(C)n(C(=O)c2ccc(Cl)cc2)c2ccc(C)cc12. The number of hydrogen-bond donors (Lipinski definition) is 5. The van der Waals surface area contributed by atoms with E-state index in [4.69, 9.17) is 11.6 Å². The Hall–Kier alpha value is -4.69. The van der Waals surface area contributed by atoms with Crippen LogP contribution in [0.3, 0.4) is 0 Å². The number of aromatic nitrogens is 1. The summed E-state index contributed by atoms with van der Waals surface area (Å²) in [6.07, 6.45) is 3.30. The van der Waals surface area contributed by atoms with Crippen LogP contribution in [0, 0.1) is 13.8 Å². The Bertz CT molecular complexity index is 1720. The van der Waals surface area contributed by atoms with Crippen LogP contribution in [0.25, 0.3) is 10.9 Å². The first-order valence-corrected chi connectivity index (χ1v) is 17.6. The number of thioether (sulfide) groups is 1. The fourth-order valence-corrected chi connectivity index (χ4v) is 5.59. The molecular weight excluding hydrogens is 684 g/mol. The van der Waals surface area contributed by atoms with Crippen molar-refractivity contribution in [2.75, 3.05) is 38.5 Å². The van der Waals surface area contributed by atoms with Gasteiger partial charge < -0.3 is 26.6 Å². The molecule has 1 aromatic heterocycles. The summed E-state index contributed by atoms with van der Waals surface area (Å²) in [7, 11) is 0. The van der Waals surface area contributed by atoms with Crippen LogP contribution in [0.15, 0.2) is 42.5 Å². The third-order valence-electron chi connectivity index (χ3n) is 7.61. The van der Waals surface area contributed by atoms with Gasteiger partial charge >= 0.3 is 0 Å². The van der Waals surface area contributed by atoms with Gasteiger partial charge in [0.1, 0.15) is 0 Å². The normalized spacial score (nSPS) is 10.7. The van der Waals surface area contributed by atoms with Gasteiger partial charge in [0.15, 0.2) is 5.12 Å². The van der Waals surface area contributed by atoms with E-state index in [2.05, 4.69) is 26.6 Å². The number of hydrogen-bond acceptors (Lipinski definition) is 8. The molecule has 0 unspecified atom stereocenters. The molecule has 3 rings (SSSR count). The molecule has 5 amide bonds. The highest BCUT2D eigenvalue weighted by Gasteiger charge is 2.21. The van der Waals surface area contributed by atoms with Crippen molar-refractivity contribution in [2.45, 2.75) is 52.9 Å². The molecule has 5 N–H and O–H groups in total. The van der Waals surface area contributed by atoms with E-state index in [9.17, 15) is 33.6 Å². The Morgan fingerprint density at radius 1 is 0.680 bits per heavy atom. The number of rotatable bonds is 18. The van der Waals surface area contributed by atoms with Crippen molar-refractivity contribution in [1.29, 1.82) is 0 Å². The molecule has 0 radical (unpaired) electrons. The lowest BCUT2D eigenvalue weighted by atomic mass is 10.1. The van der Waals surface area contributed by atoms with Crippen molar-refractivity contribution >= 4 is 74.8 Å². The van der Waals surface area contributed by atoms with Gasteiger partial charge in [-0.25, -0.2) is 0 Å². The first-order chi connectivity index (χ1) is 23.8. The maximum absolute atomic E-state index is 13.4. The zero-order chi connectivity index (χ0) is 36.6. The maximum Gasteiger partial charge on any atom is 0.262 e. The predicted molar refractivity (Wildman–Crippen MR) is 193 cm³/mol. The third kappa shape index (κ3) is 13.0. The molecule has 0 aliphatic heterocycles. The van der Waals surface area contributed by atoms with Gasteiger partial charge in [-0.3, -0.25) is 38.1 Å². The fraction of sp³-hybridized carbons (Fsp3) is 0.400. The molecule has 0 saturated heterocycles. The molecule has 1 heterocycles.